The second-order valence-electron chi connectivity index (χ2n) is 7.97. The fourth-order valence-electron chi connectivity index (χ4n) is 4.07. The number of nitrogens with zero attached hydrogens (tertiary/aromatic N) is 1. The molecule has 1 atom stereocenters. The van der Waals surface area contributed by atoms with Crippen molar-refractivity contribution in [1.29, 1.82) is 0 Å². The maximum Gasteiger partial charge on any atom is 0.291 e. The largest absolute Gasteiger partial charge is 0.497 e. The van der Waals surface area contributed by atoms with Crippen LogP contribution in [0.5, 0.6) is 5.75 Å². The topological polar surface area (TPSA) is 54.7 Å². The van der Waals surface area contributed by atoms with Gasteiger partial charge in [-0.05, 0) is 74.7 Å². The van der Waals surface area contributed by atoms with Gasteiger partial charge in [0.2, 0.25) is 0 Å². The molecule has 30 heavy (non-hydrogen) atoms. The number of carbonyl (C=O) groups excluding carboxylic acids is 1. The number of anilines is 1. The standard InChI is InChI=1S/C24H28N2O3S/c1-16-10-12-26(13-11-16)22(18-6-8-19(28-3)9-7-18)20-15-17(2)30-24(20)25-23(27)21-5-4-14-29-21/h4-9,14-16,22H,10-13H2,1-3H3,(H,25,27). The van der Waals surface area contributed by atoms with Crippen molar-refractivity contribution >= 4 is 22.2 Å². The fourth-order valence-corrected chi connectivity index (χ4v) is 5.01. The first kappa shape index (κ1) is 20.7. The number of ether oxygens (including phenoxy) is 1. The number of nitrogens with one attached hydrogen (secondary N) is 1. The predicted molar refractivity (Wildman–Crippen MR) is 121 cm³/mol. The number of thiophene rings is 1. The maximum absolute atomic E-state index is 12.7. The van der Waals surface area contributed by atoms with Crippen molar-refractivity contribution in [1.82, 2.24) is 4.90 Å². The van der Waals surface area contributed by atoms with E-state index in [1.165, 1.54) is 29.5 Å². The Hall–Kier alpha value is -2.57. The third-order valence-electron chi connectivity index (χ3n) is 5.77. The first-order valence-corrected chi connectivity index (χ1v) is 11.2. The third-order valence-corrected chi connectivity index (χ3v) is 6.75. The second kappa shape index (κ2) is 9.06. The molecule has 5 nitrogen and oxygen atoms in total. The average molecular weight is 425 g/mol. The molecule has 0 aliphatic carbocycles. The Morgan fingerprint density at radius 2 is 1.97 bits per heavy atom. The summed E-state index contributed by atoms with van der Waals surface area (Å²) in [6.45, 7) is 6.49. The van der Waals surface area contributed by atoms with Crippen molar-refractivity contribution < 1.29 is 13.9 Å². The van der Waals surface area contributed by atoms with E-state index in [1.54, 1.807) is 30.6 Å². The molecular weight excluding hydrogens is 396 g/mol. The molecule has 3 heterocycles. The number of piperidine rings is 1. The van der Waals surface area contributed by atoms with Crippen LogP contribution in [0.3, 0.4) is 0 Å². The second-order valence-corrected chi connectivity index (χ2v) is 9.22. The summed E-state index contributed by atoms with van der Waals surface area (Å²) in [5, 5.41) is 3.97. The normalized spacial score (nSPS) is 16.4. The van der Waals surface area contributed by atoms with E-state index in [9.17, 15) is 4.79 Å². The summed E-state index contributed by atoms with van der Waals surface area (Å²) in [6, 6.07) is 14.0. The van der Waals surface area contributed by atoms with Gasteiger partial charge in [0, 0.05) is 10.4 Å². The molecule has 0 bridgehead atoms. The van der Waals surface area contributed by atoms with Crippen LogP contribution in [-0.4, -0.2) is 31.0 Å². The number of carbonyl (C=O) groups is 1. The van der Waals surface area contributed by atoms with Gasteiger partial charge in [-0.2, -0.15) is 0 Å². The smallest absolute Gasteiger partial charge is 0.291 e. The quantitative estimate of drug-likeness (QED) is 0.549. The molecule has 0 saturated carbocycles. The van der Waals surface area contributed by atoms with Crippen LogP contribution in [0.15, 0.2) is 53.1 Å². The van der Waals surface area contributed by atoms with Gasteiger partial charge in [0.05, 0.1) is 19.4 Å². The van der Waals surface area contributed by atoms with Crippen LogP contribution in [0.2, 0.25) is 0 Å². The molecule has 4 rings (SSSR count). The summed E-state index contributed by atoms with van der Waals surface area (Å²) in [7, 11) is 1.68. The highest BCUT2D eigenvalue weighted by Gasteiger charge is 2.29. The Bertz CT molecular complexity index is 971. The van der Waals surface area contributed by atoms with Crippen LogP contribution in [0.1, 0.15) is 52.4 Å². The highest BCUT2D eigenvalue weighted by atomic mass is 32.1. The van der Waals surface area contributed by atoms with Gasteiger partial charge in [-0.1, -0.05) is 19.1 Å². The Morgan fingerprint density at radius 3 is 2.60 bits per heavy atom. The number of hydrogen-bond donors (Lipinski definition) is 1. The van der Waals surface area contributed by atoms with Gasteiger partial charge in [-0.3, -0.25) is 9.69 Å². The van der Waals surface area contributed by atoms with Crippen LogP contribution < -0.4 is 10.1 Å². The van der Waals surface area contributed by atoms with E-state index >= 15 is 0 Å². The van der Waals surface area contributed by atoms with E-state index < -0.39 is 0 Å². The van der Waals surface area contributed by atoms with Crippen LogP contribution in [0.25, 0.3) is 0 Å². The molecule has 6 heteroatoms. The van der Waals surface area contributed by atoms with Gasteiger partial charge < -0.3 is 14.5 Å². The highest BCUT2D eigenvalue weighted by Crippen LogP contribution is 2.41. The van der Waals surface area contributed by atoms with Gasteiger partial charge in [0.1, 0.15) is 10.8 Å². The molecule has 1 unspecified atom stereocenters. The first-order valence-electron chi connectivity index (χ1n) is 10.4. The fraction of sp³-hybridized carbons (Fsp3) is 0.375. The molecule has 1 aromatic carbocycles. The van der Waals surface area contributed by atoms with Crippen LogP contribution in [0, 0.1) is 12.8 Å². The SMILES string of the molecule is COc1ccc(C(c2cc(C)sc2NC(=O)c2ccco2)N2CCC(C)CC2)cc1. The molecule has 1 aliphatic heterocycles. The van der Waals surface area contributed by atoms with E-state index in [-0.39, 0.29) is 11.9 Å². The van der Waals surface area contributed by atoms with Crippen molar-refractivity contribution in [3.05, 3.63) is 70.5 Å². The molecule has 1 amide bonds. The zero-order chi connectivity index (χ0) is 21.1. The average Bonchev–Trinajstić information content (AvgIpc) is 3.41. The Balaban J connectivity index is 1.70. The van der Waals surface area contributed by atoms with Crippen molar-refractivity contribution in [2.24, 2.45) is 5.92 Å². The molecule has 1 saturated heterocycles. The van der Waals surface area contributed by atoms with Crippen molar-refractivity contribution in [2.75, 3.05) is 25.5 Å². The lowest BCUT2D eigenvalue weighted by molar-refractivity contribution is 0.0996. The summed E-state index contributed by atoms with van der Waals surface area (Å²) < 4.78 is 10.6. The number of benzene rings is 1. The van der Waals surface area contributed by atoms with Crippen LogP contribution in [0.4, 0.5) is 5.00 Å². The number of likely N-dealkylation sites (tertiary alicyclic amines) is 1. The van der Waals surface area contributed by atoms with Crippen molar-refractivity contribution in [3.8, 4) is 5.75 Å². The zero-order valence-corrected chi connectivity index (χ0v) is 18.5. The lowest BCUT2D eigenvalue weighted by Crippen LogP contribution is -2.37. The Kier molecular flexibility index (Phi) is 6.25. The minimum Gasteiger partial charge on any atom is -0.497 e. The monoisotopic (exact) mass is 424 g/mol. The molecule has 1 fully saturated rings. The van der Waals surface area contributed by atoms with E-state index in [1.807, 2.05) is 12.1 Å². The third kappa shape index (κ3) is 4.45. The first-order chi connectivity index (χ1) is 14.5. The molecule has 2 aromatic heterocycles. The van der Waals surface area contributed by atoms with E-state index in [4.69, 9.17) is 9.15 Å². The van der Waals surface area contributed by atoms with E-state index in [2.05, 4.69) is 42.3 Å². The van der Waals surface area contributed by atoms with Crippen LogP contribution >= 0.6 is 11.3 Å². The van der Waals surface area contributed by atoms with Crippen molar-refractivity contribution in [2.45, 2.75) is 32.7 Å². The summed E-state index contributed by atoms with van der Waals surface area (Å²) in [5.41, 5.74) is 2.34. The number of hydrogen-bond acceptors (Lipinski definition) is 5. The Labute approximate surface area is 181 Å². The van der Waals surface area contributed by atoms with Crippen LogP contribution in [-0.2, 0) is 0 Å². The molecule has 0 radical (unpaired) electrons. The van der Waals surface area contributed by atoms with Crippen molar-refractivity contribution in [3.63, 3.8) is 0 Å². The van der Waals surface area contributed by atoms with E-state index in [0.29, 0.717) is 5.76 Å². The number of aryl methyl sites for hydroxylation is 1. The molecule has 3 aromatic rings. The van der Waals surface area contributed by atoms with Gasteiger partial charge in [0.15, 0.2) is 5.76 Å². The lowest BCUT2D eigenvalue weighted by Gasteiger charge is -2.37. The van der Waals surface area contributed by atoms with Gasteiger partial charge in [-0.25, -0.2) is 0 Å². The van der Waals surface area contributed by atoms with Gasteiger partial charge in [0.25, 0.3) is 5.91 Å². The maximum atomic E-state index is 12.7. The summed E-state index contributed by atoms with van der Waals surface area (Å²) in [4.78, 5) is 16.4. The summed E-state index contributed by atoms with van der Waals surface area (Å²) in [6.07, 6.45) is 3.89. The molecule has 1 N–H and O–H groups in total. The summed E-state index contributed by atoms with van der Waals surface area (Å²) in [5.74, 6) is 1.70. The van der Waals surface area contributed by atoms with Gasteiger partial charge >= 0.3 is 0 Å². The number of furan rings is 1. The predicted octanol–water partition coefficient (Wildman–Crippen LogP) is 5.73. The molecule has 0 spiro atoms. The minimum atomic E-state index is -0.219. The van der Waals surface area contributed by atoms with E-state index in [0.717, 1.165) is 35.3 Å². The number of amides is 1. The number of methoxy groups -OCH3 is 1. The molecule has 1 aliphatic rings. The highest BCUT2D eigenvalue weighted by molar-refractivity contribution is 7.16. The molecule has 158 valence electrons. The zero-order valence-electron chi connectivity index (χ0n) is 17.7. The number of rotatable bonds is 6. The Morgan fingerprint density at radius 1 is 1.23 bits per heavy atom. The summed E-state index contributed by atoms with van der Waals surface area (Å²) >= 11 is 1.61. The molecular formula is C24H28N2O3S. The van der Waals surface area contributed by atoms with Gasteiger partial charge in [-0.15, -0.1) is 11.3 Å². The minimum absolute atomic E-state index is 0.0836. The lowest BCUT2D eigenvalue weighted by atomic mass is 9.92.